The quantitative estimate of drug-likeness (QED) is 0.786. The van der Waals surface area contributed by atoms with Crippen LogP contribution in [0.25, 0.3) is 0 Å². The lowest BCUT2D eigenvalue weighted by molar-refractivity contribution is -0.297. The summed E-state index contributed by atoms with van der Waals surface area (Å²) in [6, 6.07) is 3.23. The molecule has 0 amide bonds. The van der Waals surface area contributed by atoms with Gasteiger partial charge in [0.15, 0.2) is 0 Å². The van der Waals surface area contributed by atoms with Crippen LogP contribution in [-0.4, -0.2) is 30.2 Å². The zero-order valence-electron chi connectivity index (χ0n) is 10.8. The summed E-state index contributed by atoms with van der Waals surface area (Å²) in [5, 5.41) is 3.07. The van der Waals surface area contributed by atoms with Crippen LogP contribution in [0.4, 0.5) is 22.0 Å². The molecule has 0 bridgehead atoms. The van der Waals surface area contributed by atoms with Gasteiger partial charge >= 0.3 is 12.1 Å². The van der Waals surface area contributed by atoms with Gasteiger partial charge in [0.1, 0.15) is 6.61 Å². The van der Waals surface area contributed by atoms with E-state index in [9.17, 15) is 22.0 Å². The molecule has 0 fully saturated rings. The lowest BCUT2D eigenvalue weighted by atomic mass is 10.2. The SMILES string of the molecule is CCNCc1ccc(COCC(F)(F)C(F)(F)F)nc1. The van der Waals surface area contributed by atoms with Crippen molar-refractivity contribution in [1.82, 2.24) is 10.3 Å². The van der Waals surface area contributed by atoms with Crippen molar-refractivity contribution in [3.05, 3.63) is 29.6 Å². The summed E-state index contributed by atoms with van der Waals surface area (Å²) >= 11 is 0. The highest BCUT2D eigenvalue weighted by molar-refractivity contribution is 5.13. The second-order valence-corrected chi connectivity index (χ2v) is 4.13. The van der Waals surface area contributed by atoms with E-state index >= 15 is 0 Å². The van der Waals surface area contributed by atoms with Crippen LogP contribution in [0, 0.1) is 0 Å². The molecule has 3 nitrogen and oxygen atoms in total. The van der Waals surface area contributed by atoms with Gasteiger partial charge in [0.25, 0.3) is 0 Å². The number of halogens is 5. The van der Waals surface area contributed by atoms with Gasteiger partial charge in [0.05, 0.1) is 12.3 Å². The van der Waals surface area contributed by atoms with E-state index in [2.05, 4.69) is 15.0 Å². The fourth-order valence-corrected chi connectivity index (χ4v) is 1.28. The first-order chi connectivity index (χ1) is 9.26. The Bertz CT molecular complexity index is 405. The van der Waals surface area contributed by atoms with Gasteiger partial charge in [-0.1, -0.05) is 13.0 Å². The number of hydrogen-bond donors (Lipinski definition) is 1. The van der Waals surface area contributed by atoms with E-state index in [-0.39, 0.29) is 0 Å². The van der Waals surface area contributed by atoms with Crippen molar-refractivity contribution in [2.24, 2.45) is 0 Å². The number of nitrogens with zero attached hydrogens (tertiary/aromatic N) is 1. The maximum atomic E-state index is 12.6. The molecule has 0 radical (unpaired) electrons. The minimum Gasteiger partial charge on any atom is -0.369 e. The predicted octanol–water partition coefficient (Wildman–Crippen LogP) is 2.91. The highest BCUT2D eigenvalue weighted by atomic mass is 19.4. The molecule has 0 aromatic carbocycles. The van der Waals surface area contributed by atoms with E-state index in [1.807, 2.05) is 6.92 Å². The van der Waals surface area contributed by atoms with Crippen LogP contribution in [0.15, 0.2) is 18.3 Å². The van der Waals surface area contributed by atoms with Gasteiger partial charge in [-0.05, 0) is 18.2 Å². The van der Waals surface area contributed by atoms with Gasteiger partial charge in [-0.3, -0.25) is 4.98 Å². The van der Waals surface area contributed by atoms with E-state index < -0.39 is 25.3 Å². The standard InChI is InChI=1S/C12H15F5N2O/c1-2-18-5-9-3-4-10(19-6-9)7-20-8-11(13,14)12(15,16)17/h3-4,6,18H,2,5,7-8H2,1H3. The number of nitrogens with one attached hydrogen (secondary N) is 1. The van der Waals surface area contributed by atoms with Crippen LogP contribution >= 0.6 is 0 Å². The molecule has 1 aromatic heterocycles. The van der Waals surface area contributed by atoms with Crippen LogP contribution in [0.3, 0.4) is 0 Å². The molecule has 1 N–H and O–H groups in total. The zero-order chi connectivity index (χ0) is 15.2. The molecular formula is C12H15F5N2O. The molecule has 1 heterocycles. The van der Waals surface area contributed by atoms with Crippen LogP contribution in [0.2, 0.25) is 0 Å². The average molecular weight is 298 g/mol. The Morgan fingerprint density at radius 1 is 1.20 bits per heavy atom. The fraction of sp³-hybridized carbons (Fsp3) is 0.583. The van der Waals surface area contributed by atoms with Crippen molar-refractivity contribution in [3.8, 4) is 0 Å². The molecule has 0 unspecified atom stereocenters. The van der Waals surface area contributed by atoms with Crippen LogP contribution in [-0.2, 0) is 17.9 Å². The molecule has 0 atom stereocenters. The van der Waals surface area contributed by atoms with Crippen molar-refractivity contribution in [2.45, 2.75) is 32.2 Å². The Labute approximate surface area is 113 Å². The first-order valence-electron chi connectivity index (χ1n) is 5.93. The van der Waals surface area contributed by atoms with E-state index in [0.29, 0.717) is 12.2 Å². The summed E-state index contributed by atoms with van der Waals surface area (Å²) in [6.07, 6.45) is -4.08. The van der Waals surface area contributed by atoms with E-state index in [0.717, 1.165) is 12.1 Å². The molecule has 114 valence electrons. The predicted molar refractivity (Wildman–Crippen MR) is 62.3 cm³/mol. The maximum absolute atomic E-state index is 12.6. The Morgan fingerprint density at radius 2 is 1.90 bits per heavy atom. The normalized spacial score (nSPS) is 12.7. The van der Waals surface area contributed by atoms with Crippen LogP contribution in [0.5, 0.6) is 0 Å². The molecule has 0 aliphatic rings. The number of aromatic nitrogens is 1. The molecule has 0 aliphatic carbocycles. The second-order valence-electron chi connectivity index (χ2n) is 4.13. The number of hydrogen-bond acceptors (Lipinski definition) is 3. The molecule has 1 aromatic rings. The fourth-order valence-electron chi connectivity index (χ4n) is 1.28. The van der Waals surface area contributed by atoms with Crippen molar-refractivity contribution in [1.29, 1.82) is 0 Å². The monoisotopic (exact) mass is 298 g/mol. The van der Waals surface area contributed by atoms with Crippen molar-refractivity contribution >= 4 is 0 Å². The number of pyridine rings is 1. The highest BCUT2D eigenvalue weighted by Crippen LogP contribution is 2.35. The van der Waals surface area contributed by atoms with E-state index in [1.54, 1.807) is 6.07 Å². The summed E-state index contributed by atoms with van der Waals surface area (Å²) in [5.41, 5.74) is 1.18. The lowest BCUT2D eigenvalue weighted by Crippen LogP contribution is -2.40. The molecule has 0 saturated heterocycles. The average Bonchev–Trinajstić information content (AvgIpc) is 2.36. The summed E-state index contributed by atoms with van der Waals surface area (Å²) in [6.45, 7) is 1.23. The third-order valence-electron chi connectivity index (χ3n) is 2.41. The van der Waals surface area contributed by atoms with Gasteiger partial charge in [0, 0.05) is 12.7 Å². The largest absolute Gasteiger partial charge is 0.455 e. The first kappa shape index (κ1) is 16.8. The molecule has 0 aliphatic heterocycles. The van der Waals surface area contributed by atoms with E-state index in [1.165, 1.54) is 12.3 Å². The third kappa shape index (κ3) is 5.01. The maximum Gasteiger partial charge on any atom is 0.455 e. The summed E-state index contributed by atoms with van der Waals surface area (Å²) in [4.78, 5) is 3.92. The molecule has 20 heavy (non-hydrogen) atoms. The topological polar surface area (TPSA) is 34.1 Å². The first-order valence-corrected chi connectivity index (χ1v) is 5.93. The van der Waals surface area contributed by atoms with Crippen molar-refractivity contribution < 1.29 is 26.7 Å². The summed E-state index contributed by atoms with van der Waals surface area (Å²) in [7, 11) is 0. The minimum absolute atomic E-state index is 0.295. The number of alkyl halides is 5. The Morgan fingerprint density at radius 3 is 2.40 bits per heavy atom. The summed E-state index contributed by atoms with van der Waals surface area (Å²) < 4.78 is 65.1. The minimum atomic E-state index is -5.60. The smallest absolute Gasteiger partial charge is 0.369 e. The Balaban J connectivity index is 2.43. The highest BCUT2D eigenvalue weighted by Gasteiger charge is 2.57. The van der Waals surface area contributed by atoms with Gasteiger partial charge in [0.2, 0.25) is 0 Å². The number of rotatable bonds is 7. The van der Waals surface area contributed by atoms with Gasteiger partial charge in [-0.15, -0.1) is 0 Å². The Kier molecular flexibility index (Phi) is 5.82. The molecule has 1 rings (SSSR count). The summed E-state index contributed by atoms with van der Waals surface area (Å²) in [5.74, 6) is -4.85. The third-order valence-corrected chi connectivity index (χ3v) is 2.41. The zero-order valence-corrected chi connectivity index (χ0v) is 10.8. The van der Waals surface area contributed by atoms with Gasteiger partial charge < -0.3 is 10.1 Å². The molecular weight excluding hydrogens is 283 g/mol. The van der Waals surface area contributed by atoms with Gasteiger partial charge in [-0.2, -0.15) is 22.0 Å². The van der Waals surface area contributed by atoms with Crippen LogP contribution in [0.1, 0.15) is 18.2 Å². The molecule has 0 spiro atoms. The number of ether oxygens (including phenoxy) is 1. The van der Waals surface area contributed by atoms with E-state index in [4.69, 9.17) is 0 Å². The molecule has 8 heteroatoms. The lowest BCUT2D eigenvalue weighted by Gasteiger charge is -2.19. The second kappa shape index (κ2) is 6.94. The Hall–Kier alpha value is -1.28. The van der Waals surface area contributed by atoms with Gasteiger partial charge in [-0.25, -0.2) is 0 Å². The molecule has 0 saturated carbocycles. The van der Waals surface area contributed by atoms with Crippen molar-refractivity contribution in [3.63, 3.8) is 0 Å². The van der Waals surface area contributed by atoms with Crippen LogP contribution < -0.4 is 5.32 Å². The van der Waals surface area contributed by atoms with Crippen molar-refractivity contribution in [2.75, 3.05) is 13.2 Å².